The number of nitrogens with one attached hydrogen (secondary N) is 1. The smallest absolute Gasteiger partial charge is 0.433 e. The van der Waals surface area contributed by atoms with Crippen LogP contribution in [0.25, 0.3) is 0 Å². The second-order valence-corrected chi connectivity index (χ2v) is 10.1. The molecule has 4 nitrogen and oxygen atoms in total. The van der Waals surface area contributed by atoms with Gasteiger partial charge in [0, 0.05) is 18.2 Å². The lowest BCUT2D eigenvalue weighted by atomic mass is 9.78. The second kappa shape index (κ2) is 10.6. The molecule has 1 heterocycles. The maximum absolute atomic E-state index is 13.7. The van der Waals surface area contributed by atoms with Gasteiger partial charge in [-0.15, -0.1) is 24.5 Å². The minimum Gasteiger partial charge on any atom is -0.433 e. The third-order valence-electron chi connectivity index (χ3n) is 5.85. The average molecular weight is 549 g/mol. The Hall–Kier alpha value is -3.66. The molecule has 0 radical (unpaired) electrons. The highest BCUT2D eigenvalue weighted by Gasteiger charge is 2.38. The quantitative estimate of drug-likeness (QED) is 0.214. The van der Waals surface area contributed by atoms with Crippen LogP contribution in [-0.2, 0) is 12.0 Å². The van der Waals surface area contributed by atoms with Crippen molar-refractivity contribution >= 4 is 16.5 Å². The number of nitrogens with zero attached hydrogens (tertiary/aromatic N) is 1. The van der Waals surface area contributed by atoms with Crippen molar-refractivity contribution in [3.63, 3.8) is 0 Å². The molecule has 0 bridgehead atoms. The van der Waals surface area contributed by atoms with E-state index in [1.807, 2.05) is 44.2 Å². The largest absolute Gasteiger partial charge is 0.573 e. The molecule has 0 aliphatic rings. The van der Waals surface area contributed by atoms with Crippen molar-refractivity contribution in [2.45, 2.75) is 45.2 Å². The number of benzene rings is 3. The molecule has 38 heavy (non-hydrogen) atoms. The molecule has 4 aromatic rings. The average Bonchev–Trinajstić information content (AvgIpc) is 3.13. The number of hydrogen-bond donors (Lipinski definition) is 1. The summed E-state index contributed by atoms with van der Waals surface area (Å²) in [6.45, 7) is 4.40. The van der Waals surface area contributed by atoms with Gasteiger partial charge in [-0.2, -0.15) is 8.78 Å². The van der Waals surface area contributed by atoms with E-state index in [1.165, 1.54) is 41.7 Å². The Balaban J connectivity index is 1.95. The number of aryl methyl sites for hydroxylation is 2. The summed E-state index contributed by atoms with van der Waals surface area (Å²) >= 11 is 1.38. The Bertz CT molecular complexity index is 1310. The van der Waals surface area contributed by atoms with Crippen LogP contribution in [-0.4, -0.2) is 17.5 Å². The van der Waals surface area contributed by atoms with Gasteiger partial charge in [-0.25, -0.2) is 4.98 Å². The van der Waals surface area contributed by atoms with Crippen LogP contribution in [0.2, 0.25) is 0 Å². The predicted octanol–water partition coefficient (Wildman–Crippen LogP) is 8.25. The molecule has 4 rings (SSSR count). The summed E-state index contributed by atoms with van der Waals surface area (Å²) in [6, 6.07) is 21.0. The van der Waals surface area contributed by atoms with E-state index in [0.29, 0.717) is 23.2 Å². The Morgan fingerprint density at radius 2 is 1.37 bits per heavy atom. The molecule has 1 N–H and O–H groups in total. The minimum atomic E-state index is -4.89. The van der Waals surface area contributed by atoms with Crippen molar-refractivity contribution < 1.29 is 31.4 Å². The van der Waals surface area contributed by atoms with Gasteiger partial charge in [0.05, 0.1) is 11.2 Å². The normalized spacial score (nSPS) is 13.6. The maximum atomic E-state index is 13.7. The molecule has 3 aromatic carbocycles. The van der Waals surface area contributed by atoms with Gasteiger partial charge in [0.25, 0.3) is 0 Å². The van der Waals surface area contributed by atoms with Crippen LogP contribution in [0.4, 0.5) is 27.1 Å². The number of hydrogen-bond acceptors (Lipinski definition) is 5. The predicted molar refractivity (Wildman–Crippen MR) is 137 cm³/mol. The van der Waals surface area contributed by atoms with Gasteiger partial charge in [0.1, 0.15) is 11.5 Å². The monoisotopic (exact) mass is 548 g/mol. The molecule has 0 fully saturated rings. The number of ether oxygens (including phenoxy) is 2. The molecule has 0 aliphatic carbocycles. The van der Waals surface area contributed by atoms with Gasteiger partial charge in [-0.1, -0.05) is 54.6 Å². The standard InChI is InChI=1S/C28H25F5N2O2S/c1-18-19(2)38-25(34-18)35-27(17-20-9-5-4-6-10-20,21-11-7-13-23(15-21)36-26(3,29)30)22-12-8-14-24(16-22)37-28(31,32)33/h4-16H,17H2,1-3H3,(H,34,35). The first kappa shape index (κ1) is 27.4. The molecule has 10 heteroatoms. The van der Waals surface area contributed by atoms with Gasteiger partial charge in [0.15, 0.2) is 5.13 Å². The van der Waals surface area contributed by atoms with Crippen molar-refractivity contribution in [2.24, 2.45) is 0 Å². The highest BCUT2D eigenvalue weighted by atomic mass is 32.1. The van der Waals surface area contributed by atoms with E-state index in [9.17, 15) is 22.0 Å². The van der Waals surface area contributed by atoms with Gasteiger partial charge >= 0.3 is 12.5 Å². The molecule has 200 valence electrons. The fraction of sp³-hybridized carbons (Fsp3) is 0.250. The van der Waals surface area contributed by atoms with Gasteiger partial charge in [-0.3, -0.25) is 0 Å². The number of thiazole rings is 1. The first-order chi connectivity index (χ1) is 17.8. The zero-order valence-electron chi connectivity index (χ0n) is 20.8. The molecule has 1 aromatic heterocycles. The zero-order chi connectivity index (χ0) is 27.6. The fourth-order valence-electron chi connectivity index (χ4n) is 4.16. The Morgan fingerprint density at radius 3 is 1.87 bits per heavy atom. The van der Waals surface area contributed by atoms with Crippen LogP contribution in [0.15, 0.2) is 78.9 Å². The van der Waals surface area contributed by atoms with Crippen LogP contribution >= 0.6 is 11.3 Å². The summed E-state index contributed by atoms with van der Waals surface area (Å²) < 4.78 is 75.9. The number of aromatic nitrogens is 1. The van der Waals surface area contributed by atoms with Crippen LogP contribution in [0.1, 0.15) is 34.2 Å². The van der Waals surface area contributed by atoms with E-state index in [0.717, 1.165) is 16.1 Å². The minimum absolute atomic E-state index is 0.0940. The molecular weight excluding hydrogens is 523 g/mol. The van der Waals surface area contributed by atoms with Gasteiger partial charge in [0.2, 0.25) is 0 Å². The van der Waals surface area contributed by atoms with Crippen LogP contribution in [0, 0.1) is 13.8 Å². The number of halogens is 5. The first-order valence-corrected chi connectivity index (χ1v) is 12.4. The molecule has 0 aliphatic heterocycles. The van der Waals surface area contributed by atoms with E-state index in [2.05, 4.69) is 15.0 Å². The Kier molecular flexibility index (Phi) is 7.64. The van der Waals surface area contributed by atoms with E-state index >= 15 is 0 Å². The van der Waals surface area contributed by atoms with Crippen molar-refractivity contribution in [3.05, 3.63) is 106 Å². The zero-order valence-corrected chi connectivity index (χ0v) is 21.6. The molecule has 1 atom stereocenters. The maximum Gasteiger partial charge on any atom is 0.573 e. The molecule has 1 unspecified atom stereocenters. The summed E-state index contributed by atoms with van der Waals surface area (Å²) in [4.78, 5) is 5.55. The fourth-order valence-corrected chi connectivity index (χ4v) is 5.05. The lowest BCUT2D eigenvalue weighted by Crippen LogP contribution is -2.39. The van der Waals surface area contributed by atoms with Gasteiger partial charge in [-0.05, 0) is 54.8 Å². The van der Waals surface area contributed by atoms with Crippen LogP contribution in [0.3, 0.4) is 0 Å². The van der Waals surface area contributed by atoms with E-state index < -0.39 is 23.8 Å². The van der Waals surface area contributed by atoms with E-state index in [-0.39, 0.29) is 12.2 Å². The number of anilines is 1. The van der Waals surface area contributed by atoms with E-state index in [4.69, 9.17) is 4.74 Å². The second-order valence-electron chi connectivity index (χ2n) is 8.87. The van der Waals surface area contributed by atoms with Crippen molar-refractivity contribution in [3.8, 4) is 11.5 Å². The summed E-state index contributed by atoms with van der Waals surface area (Å²) in [5.41, 5.74) is 1.29. The molecule has 0 amide bonds. The summed E-state index contributed by atoms with van der Waals surface area (Å²) in [7, 11) is 0. The molecule has 0 spiro atoms. The number of rotatable bonds is 9. The third kappa shape index (κ3) is 6.80. The van der Waals surface area contributed by atoms with Crippen LogP contribution < -0.4 is 14.8 Å². The highest BCUT2D eigenvalue weighted by Crippen LogP contribution is 2.41. The Labute approximate surface area is 221 Å². The molecule has 0 saturated heterocycles. The highest BCUT2D eigenvalue weighted by molar-refractivity contribution is 7.15. The lowest BCUT2D eigenvalue weighted by molar-refractivity contribution is -0.274. The van der Waals surface area contributed by atoms with Gasteiger partial charge < -0.3 is 14.8 Å². The van der Waals surface area contributed by atoms with Crippen molar-refractivity contribution in [1.29, 1.82) is 0 Å². The number of alkyl halides is 5. The van der Waals surface area contributed by atoms with Crippen molar-refractivity contribution in [1.82, 2.24) is 4.98 Å². The molecular formula is C28H25F5N2O2S. The lowest BCUT2D eigenvalue weighted by Gasteiger charge is -2.37. The summed E-state index contributed by atoms with van der Waals surface area (Å²) in [5.74, 6) is -0.503. The SMILES string of the molecule is Cc1nc(NC(Cc2ccccc2)(c2cccc(OC(C)(F)F)c2)c2cccc(OC(F)(F)F)c2)sc1C. The Morgan fingerprint density at radius 1 is 0.789 bits per heavy atom. The van der Waals surface area contributed by atoms with Crippen molar-refractivity contribution in [2.75, 3.05) is 5.32 Å². The van der Waals surface area contributed by atoms with E-state index in [1.54, 1.807) is 18.2 Å². The van der Waals surface area contributed by atoms with Crippen LogP contribution in [0.5, 0.6) is 11.5 Å². The summed E-state index contributed by atoms with van der Waals surface area (Å²) in [5, 5.41) is 3.96. The topological polar surface area (TPSA) is 43.4 Å². The summed E-state index contributed by atoms with van der Waals surface area (Å²) in [6.07, 6.45) is -8.08. The third-order valence-corrected chi connectivity index (χ3v) is 6.83. The first-order valence-electron chi connectivity index (χ1n) is 11.6. The molecule has 0 saturated carbocycles.